The predicted molar refractivity (Wildman–Crippen MR) is 99.0 cm³/mol. The van der Waals surface area contributed by atoms with Gasteiger partial charge in [-0.2, -0.15) is 0 Å². The standard InChI is InChI=1S/C19H20N2O2S/c1-14-7-6-8-16(11-14)20-19-21(12-15(2)24-19)18(22)13-23-17-9-4-3-5-10-17/h3-11,15H,12-13H2,1-2H3/t15-/m1/s1. The summed E-state index contributed by atoms with van der Waals surface area (Å²) in [6.07, 6.45) is 0. The van der Waals surface area contributed by atoms with Crippen LogP contribution in [0.15, 0.2) is 59.6 Å². The highest BCUT2D eigenvalue weighted by Gasteiger charge is 2.30. The second-order valence-corrected chi connectivity index (χ2v) is 7.17. The van der Waals surface area contributed by atoms with Crippen molar-refractivity contribution in [2.45, 2.75) is 19.1 Å². The highest BCUT2D eigenvalue weighted by molar-refractivity contribution is 8.14. The van der Waals surface area contributed by atoms with E-state index in [4.69, 9.17) is 4.74 Å². The molecular weight excluding hydrogens is 320 g/mol. The van der Waals surface area contributed by atoms with E-state index in [1.165, 1.54) is 0 Å². The normalized spacial score (nSPS) is 18.8. The van der Waals surface area contributed by atoms with Gasteiger partial charge in [-0.15, -0.1) is 0 Å². The summed E-state index contributed by atoms with van der Waals surface area (Å²) in [5.74, 6) is 0.630. The second-order valence-electron chi connectivity index (χ2n) is 5.77. The van der Waals surface area contributed by atoms with Crippen molar-refractivity contribution in [1.82, 2.24) is 4.90 Å². The molecule has 1 amide bonds. The largest absolute Gasteiger partial charge is 0.484 e. The average Bonchev–Trinajstić information content (AvgIpc) is 2.94. The van der Waals surface area contributed by atoms with Gasteiger partial charge in [0.2, 0.25) is 0 Å². The molecule has 1 saturated heterocycles. The van der Waals surface area contributed by atoms with E-state index >= 15 is 0 Å². The maximum Gasteiger partial charge on any atom is 0.266 e. The molecule has 0 aliphatic carbocycles. The van der Waals surface area contributed by atoms with Crippen LogP contribution >= 0.6 is 11.8 Å². The van der Waals surface area contributed by atoms with E-state index in [0.717, 1.165) is 16.4 Å². The number of carbonyl (C=O) groups is 1. The Morgan fingerprint density at radius 2 is 2.04 bits per heavy atom. The summed E-state index contributed by atoms with van der Waals surface area (Å²) in [7, 11) is 0. The van der Waals surface area contributed by atoms with Crippen LogP contribution in [0.1, 0.15) is 12.5 Å². The zero-order chi connectivity index (χ0) is 16.9. The summed E-state index contributed by atoms with van der Waals surface area (Å²) >= 11 is 1.62. The summed E-state index contributed by atoms with van der Waals surface area (Å²) in [5, 5.41) is 1.07. The number of ether oxygens (including phenoxy) is 1. The third-order valence-corrected chi connectivity index (χ3v) is 4.68. The summed E-state index contributed by atoms with van der Waals surface area (Å²) in [4.78, 5) is 18.9. The third-order valence-electron chi connectivity index (χ3n) is 3.61. The highest BCUT2D eigenvalue weighted by atomic mass is 32.2. The molecule has 1 aliphatic rings. The van der Waals surface area contributed by atoms with Crippen LogP contribution in [0.3, 0.4) is 0 Å². The predicted octanol–water partition coefficient (Wildman–Crippen LogP) is 4.03. The Kier molecular flexibility index (Phi) is 5.20. The van der Waals surface area contributed by atoms with Gasteiger partial charge >= 0.3 is 0 Å². The first kappa shape index (κ1) is 16.6. The number of hydrogen-bond acceptors (Lipinski definition) is 4. The van der Waals surface area contributed by atoms with Crippen LogP contribution in [0.2, 0.25) is 0 Å². The smallest absolute Gasteiger partial charge is 0.266 e. The Labute approximate surface area is 146 Å². The molecule has 5 heteroatoms. The molecule has 1 atom stereocenters. The number of thioether (sulfide) groups is 1. The van der Waals surface area contributed by atoms with Crippen molar-refractivity contribution in [2.75, 3.05) is 13.2 Å². The SMILES string of the molecule is Cc1cccc(N=C2S[C@H](C)CN2C(=O)COc2ccccc2)c1. The van der Waals surface area contributed by atoms with Crippen LogP contribution in [0, 0.1) is 6.92 Å². The first-order valence-corrected chi connectivity index (χ1v) is 8.80. The van der Waals surface area contributed by atoms with Gasteiger partial charge in [-0.25, -0.2) is 4.99 Å². The zero-order valence-electron chi connectivity index (χ0n) is 13.8. The molecule has 0 aromatic heterocycles. The van der Waals surface area contributed by atoms with Crippen LogP contribution < -0.4 is 4.74 Å². The second kappa shape index (κ2) is 7.53. The summed E-state index contributed by atoms with van der Waals surface area (Å²) < 4.78 is 5.58. The highest BCUT2D eigenvalue weighted by Crippen LogP contribution is 2.28. The molecule has 4 nitrogen and oxygen atoms in total. The monoisotopic (exact) mass is 340 g/mol. The number of benzene rings is 2. The lowest BCUT2D eigenvalue weighted by molar-refractivity contribution is -0.129. The number of aryl methyl sites for hydroxylation is 1. The van der Waals surface area contributed by atoms with Gasteiger partial charge < -0.3 is 4.74 Å². The maximum absolute atomic E-state index is 12.5. The Balaban J connectivity index is 1.71. The maximum atomic E-state index is 12.5. The molecule has 1 heterocycles. The van der Waals surface area contributed by atoms with E-state index in [2.05, 4.69) is 11.9 Å². The fourth-order valence-corrected chi connectivity index (χ4v) is 3.50. The molecular formula is C19H20N2O2S. The van der Waals surface area contributed by atoms with Gasteiger partial charge in [0.15, 0.2) is 11.8 Å². The summed E-state index contributed by atoms with van der Waals surface area (Å²) in [5.41, 5.74) is 2.02. The van der Waals surface area contributed by atoms with Gasteiger partial charge in [-0.1, -0.05) is 49.0 Å². The van der Waals surface area contributed by atoms with E-state index in [0.29, 0.717) is 17.5 Å². The van der Waals surface area contributed by atoms with E-state index in [-0.39, 0.29) is 12.5 Å². The van der Waals surface area contributed by atoms with Crippen molar-refractivity contribution in [2.24, 2.45) is 4.99 Å². The van der Waals surface area contributed by atoms with Crippen molar-refractivity contribution in [3.63, 3.8) is 0 Å². The van der Waals surface area contributed by atoms with Crippen molar-refractivity contribution >= 4 is 28.5 Å². The first-order valence-electron chi connectivity index (χ1n) is 7.92. The molecule has 0 saturated carbocycles. The zero-order valence-corrected chi connectivity index (χ0v) is 14.6. The fraction of sp³-hybridized carbons (Fsp3) is 0.263. The van der Waals surface area contributed by atoms with E-state index < -0.39 is 0 Å². The van der Waals surface area contributed by atoms with Gasteiger partial charge in [-0.3, -0.25) is 9.69 Å². The number of nitrogens with zero attached hydrogens (tertiary/aromatic N) is 2. The quantitative estimate of drug-likeness (QED) is 0.844. The molecule has 1 fully saturated rings. The van der Waals surface area contributed by atoms with E-state index in [9.17, 15) is 4.79 Å². The molecule has 1 aliphatic heterocycles. The number of carbonyl (C=O) groups excluding carboxylic acids is 1. The molecule has 0 unspecified atom stereocenters. The topological polar surface area (TPSA) is 41.9 Å². The van der Waals surface area contributed by atoms with Gasteiger partial charge in [-0.05, 0) is 36.8 Å². The number of rotatable bonds is 4. The fourth-order valence-electron chi connectivity index (χ4n) is 2.46. The van der Waals surface area contributed by atoms with E-state index in [1.54, 1.807) is 16.7 Å². The average molecular weight is 340 g/mol. The van der Waals surface area contributed by atoms with E-state index in [1.807, 2.05) is 61.5 Å². The Morgan fingerprint density at radius 1 is 1.25 bits per heavy atom. The van der Waals surface area contributed by atoms with Crippen LogP contribution in [0.4, 0.5) is 5.69 Å². The van der Waals surface area contributed by atoms with Crippen molar-refractivity contribution in [3.05, 3.63) is 60.2 Å². The van der Waals surface area contributed by atoms with Gasteiger partial charge in [0.25, 0.3) is 5.91 Å². The minimum absolute atomic E-state index is 0.0180. The van der Waals surface area contributed by atoms with Gasteiger partial charge in [0.05, 0.1) is 5.69 Å². The molecule has 2 aromatic carbocycles. The lowest BCUT2D eigenvalue weighted by Crippen LogP contribution is -2.36. The minimum atomic E-state index is -0.0675. The Hall–Kier alpha value is -2.27. The summed E-state index contributed by atoms with van der Waals surface area (Å²) in [6.45, 7) is 4.81. The Morgan fingerprint density at radius 3 is 2.79 bits per heavy atom. The van der Waals surface area contributed by atoms with Crippen LogP contribution in [0.5, 0.6) is 5.75 Å². The van der Waals surface area contributed by atoms with Crippen molar-refractivity contribution in [1.29, 1.82) is 0 Å². The van der Waals surface area contributed by atoms with Gasteiger partial charge in [0.1, 0.15) is 5.75 Å². The molecule has 0 radical (unpaired) electrons. The van der Waals surface area contributed by atoms with Crippen LogP contribution in [-0.4, -0.2) is 34.4 Å². The molecule has 0 N–H and O–H groups in total. The van der Waals surface area contributed by atoms with Crippen LogP contribution in [-0.2, 0) is 4.79 Å². The van der Waals surface area contributed by atoms with Crippen LogP contribution in [0.25, 0.3) is 0 Å². The number of para-hydroxylation sites is 1. The number of amides is 1. The number of aliphatic imine (C=N–C) groups is 1. The van der Waals surface area contributed by atoms with Crippen molar-refractivity contribution in [3.8, 4) is 5.75 Å². The lowest BCUT2D eigenvalue weighted by atomic mass is 10.2. The summed E-state index contributed by atoms with van der Waals surface area (Å²) in [6, 6.07) is 17.3. The molecule has 3 rings (SSSR count). The third kappa shape index (κ3) is 4.17. The van der Waals surface area contributed by atoms with Gasteiger partial charge in [0, 0.05) is 11.8 Å². The minimum Gasteiger partial charge on any atom is -0.484 e. The van der Waals surface area contributed by atoms with Crippen molar-refractivity contribution < 1.29 is 9.53 Å². The molecule has 0 spiro atoms. The number of amidine groups is 1. The molecule has 124 valence electrons. The first-order chi connectivity index (χ1) is 11.6. The lowest BCUT2D eigenvalue weighted by Gasteiger charge is -2.16. The molecule has 0 bridgehead atoms. The number of hydrogen-bond donors (Lipinski definition) is 0. The molecule has 24 heavy (non-hydrogen) atoms. The molecule has 2 aromatic rings. The Bertz CT molecular complexity index is 746.